The van der Waals surface area contributed by atoms with E-state index in [9.17, 15) is 0 Å². The van der Waals surface area contributed by atoms with Crippen LogP contribution >= 0.6 is 0 Å². The summed E-state index contributed by atoms with van der Waals surface area (Å²) in [5.74, 6) is 0. The van der Waals surface area contributed by atoms with E-state index < -0.39 is 0 Å². The predicted octanol–water partition coefficient (Wildman–Crippen LogP) is 3.05. The first-order valence-electron chi connectivity index (χ1n) is 6.50. The molecule has 0 bridgehead atoms. The molecule has 3 nitrogen and oxygen atoms in total. The summed E-state index contributed by atoms with van der Waals surface area (Å²) in [4.78, 5) is 0. The maximum atomic E-state index is 8.34. The summed E-state index contributed by atoms with van der Waals surface area (Å²) in [6.45, 7) is 2.63. The van der Waals surface area contributed by atoms with E-state index in [1.54, 1.807) is 0 Å². The number of rotatable bonds is 9. The van der Waals surface area contributed by atoms with Crippen LogP contribution < -0.4 is 0 Å². The number of unbranched alkanes of at least 4 members (excludes halogenated alkanes) is 3. The van der Waals surface area contributed by atoms with Crippen molar-refractivity contribution in [3.8, 4) is 6.07 Å². The molecule has 0 aromatic rings. The molecule has 3 heteroatoms. The maximum absolute atomic E-state index is 8.34. The van der Waals surface area contributed by atoms with E-state index in [2.05, 4.69) is 6.07 Å². The molecule has 1 aliphatic rings. The van der Waals surface area contributed by atoms with Gasteiger partial charge in [0.15, 0.2) is 0 Å². The average molecular weight is 225 g/mol. The molecule has 1 fully saturated rings. The van der Waals surface area contributed by atoms with E-state index in [0.29, 0.717) is 12.5 Å². The van der Waals surface area contributed by atoms with Crippen molar-refractivity contribution in [3.63, 3.8) is 0 Å². The van der Waals surface area contributed by atoms with Crippen molar-refractivity contribution in [1.29, 1.82) is 5.26 Å². The molecular formula is C13H23NO2. The van der Waals surface area contributed by atoms with Crippen LogP contribution in [-0.2, 0) is 9.47 Å². The molecule has 92 valence electrons. The summed E-state index contributed by atoms with van der Waals surface area (Å²) in [5.41, 5.74) is 0. The highest BCUT2D eigenvalue weighted by molar-refractivity contribution is 4.67. The Balaban J connectivity index is 1.73. The van der Waals surface area contributed by atoms with Crippen molar-refractivity contribution in [1.82, 2.24) is 0 Å². The Morgan fingerprint density at radius 1 is 1.19 bits per heavy atom. The highest BCUT2D eigenvalue weighted by Crippen LogP contribution is 2.17. The van der Waals surface area contributed by atoms with Crippen LogP contribution in [0.15, 0.2) is 0 Å². The molecule has 16 heavy (non-hydrogen) atoms. The lowest BCUT2D eigenvalue weighted by molar-refractivity contribution is 0.0932. The Hall–Kier alpha value is -0.590. The summed E-state index contributed by atoms with van der Waals surface area (Å²) in [6.07, 6.45) is 9.18. The van der Waals surface area contributed by atoms with Gasteiger partial charge in [-0.3, -0.25) is 0 Å². The molecule has 0 spiro atoms. The molecule has 1 saturated heterocycles. The zero-order valence-corrected chi connectivity index (χ0v) is 10.1. The van der Waals surface area contributed by atoms with Gasteiger partial charge >= 0.3 is 0 Å². The lowest BCUT2D eigenvalue weighted by atomic mass is 10.1. The Morgan fingerprint density at radius 3 is 2.69 bits per heavy atom. The van der Waals surface area contributed by atoms with Gasteiger partial charge in [0.1, 0.15) is 0 Å². The normalized spacial score (nSPS) is 19.8. The third kappa shape index (κ3) is 6.81. The van der Waals surface area contributed by atoms with Crippen LogP contribution in [0.1, 0.15) is 51.4 Å². The maximum Gasteiger partial charge on any atom is 0.0621 e. The zero-order chi connectivity index (χ0) is 11.5. The number of ether oxygens (including phenoxy) is 2. The van der Waals surface area contributed by atoms with Crippen LogP contribution in [0.2, 0.25) is 0 Å². The zero-order valence-electron chi connectivity index (χ0n) is 10.1. The first kappa shape index (κ1) is 13.5. The molecule has 1 aliphatic heterocycles. The van der Waals surface area contributed by atoms with E-state index in [1.165, 1.54) is 25.7 Å². The second-order valence-electron chi connectivity index (χ2n) is 4.36. The Labute approximate surface area is 98.7 Å². The number of nitrogens with zero attached hydrogens (tertiary/aromatic N) is 1. The minimum absolute atomic E-state index is 0.524. The smallest absolute Gasteiger partial charge is 0.0621 e. The summed E-state index contributed by atoms with van der Waals surface area (Å²) in [5, 5.41) is 8.34. The van der Waals surface area contributed by atoms with E-state index >= 15 is 0 Å². The summed E-state index contributed by atoms with van der Waals surface area (Å²) in [6, 6.07) is 2.14. The summed E-state index contributed by atoms with van der Waals surface area (Å²) < 4.78 is 11.0. The fourth-order valence-electron chi connectivity index (χ4n) is 1.96. The van der Waals surface area contributed by atoms with Crippen LogP contribution in [0.4, 0.5) is 0 Å². The number of nitriles is 1. The van der Waals surface area contributed by atoms with Crippen LogP contribution in [0.3, 0.4) is 0 Å². The predicted molar refractivity (Wildman–Crippen MR) is 63.1 cm³/mol. The van der Waals surface area contributed by atoms with Gasteiger partial charge in [-0.1, -0.05) is 0 Å². The molecule has 0 aliphatic carbocycles. The SMILES string of the molecule is N#CCCCCOCCCCC1CCCO1. The van der Waals surface area contributed by atoms with Gasteiger partial charge in [0.2, 0.25) is 0 Å². The van der Waals surface area contributed by atoms with Crippen LogP contribution in [-0.4, -0.2) is 25.9 Å². The van der Waals surface area contributed by atoms with Gasteiger partial charge in [0.05, 0.1) is 12.2 Å². The van der Waals surface area contributed by atoms with Gasteiger partial charge in [-0.15, -0.1) is 0 Å². The standard InChI is InChI=1S/C13H23NO2/c14-9-3-1-4-10-15-11-5-2-7-13-8-6-12-16-13/h13H,1-8,10-12H2. The van der Waals surface area contributed by atoms with E-state index in [4.69, 9.17) is 14.7 Å². The quantitative estimate of drug-likeness (QED) is 0.566. The van der Waals surface area contributed by atoms with Gasteiger partial charge in [-0.2, -0.15) is 5.26 Å². The second-order valence-corrected chi connectivity index (χ2v) is 4.36. The molecule has 0 amide bonds. The van der Waals surface area contributed by atoms with Gasteiger partial charge < -0.3 is 9.47 Å². The first-order chi connectivity index (χ1) is 7.93. The molecule has 0 aromatic carbocycles. The van der Waals surface area contributed by atoms with Gasteiger partial charge in [0.25, 0.3) is 0 Å². The van der Waals surface area contributed by atoms with Gasteiger partial charge in [0, 0.05) is 26.2 Å². The molecule has 0 N–H and O–H groups in total. The largest absolute Gasteiger partial charge is 0.381 e. The molecule has 1 rings (SSSR count). The minimum Gasteiger partial charge on any atom is -0.381 e. The molecule has 0 aromatic heterocycles. The van der Waals surface area contributed by atoms with Crippen molar-refractivity contribution >= 4 is 0 Å². The van der Waals surface area contributed by atoms with Crippen LogP contribution in [0.25, 0.3) is 0 Å². The van der Waals surface area contributed by atoms with Crippen molar-refractivity contribution in [3.05, 3.63) is 0 Å². The molecule has 1 heterocycles. The first-order valence-corrected chi connectivity index (χ1v) is 6.50. The highest BCUT2D eigenvalue weighted by atomic mass is 16.5. The van der Waals surface area contributed by atoms with Crippen molar-refractivity contribution in [2.75, 3.05) is 19.8 Å². The summed E-state index contributed by atoms with van der Waals surface area (Å²) in [7, 11) is 0. The lowest BCUT2D eigenvalue weighted by Gasteiger charge is -2.08. The second kappa shape index (κ2) is 9.62. The Bertz CT molecular complexity index is 195. The molecule has 0 radical (unpaired) electrons. The van der Waals surface area contributed by atoms with Crippen molar-refractivity contribution < 1.29 is 9.47 Å². The number of hydrogen-bond donors (Lipinski definition) is 0. The third-order valence-electron chi connectivity index (χ3n) is 2.92. The van der Waals surface area contributed by atoms with Gasteiger partial charge in [-0.05, 0) is 44.9 Å². The van der Waals surface area contributed by atoms with Crippen LogP contribution in [0.5, 0.6) is 0 Å². The third-order valence-corrected chi connectivity index (χ3v) is 2.92. The monoisotopic (exact) mass is 225 g/mol. The number of hydrogen-bond acceptors (Lipinski definition) is 3. The fourth-order valence-corrected chi connectivity index (χ4v) is 1.96. The topological polar surface area (TPSA) is 42.2 Å². The highest BCUT2D eigenvalue weighted by Gasteiger charge is 2.14. The van der Waals surface area contributed by atoms with E-state index in [1.807, 2.05) is 0 Å². The van der Waals surface area contributed by atoms with Gasteiger partial charge in [-0.25, -0.2) is 0 Å². The van der Waals surface area contributed by atoms with Crippen molar-refractivity contribution in [2.24, 2.45) is 0 Å². The molecular weight excluding hydrogens is 202 g/mol. The van der Waals surface area contributed by atoms with Crippen molar-refractivity contribution in [2.45, 2.75) is 57.5 Å². The van der Waals surface area contributed by atoms with Crippen LogP contribution in [0, 0.1) is 11.3 Å². The molecule has 1 atom stereocenters. The van der Waals surface area contributed by atoms with E-state index in [0.717, 1.165) is 39.1 Å². The summed E-state index contributed by atoms with van der Waals surface area (Å²) >= 11 is 0. The van der Waals surface area contributed by atoms with E-state index in [-0.39, 0.29) is 0 Å². The Kier molecular flexibility index (Phi) is 8.10. The average Bonchev–Trinajstić information content (AvgIpc) is 2.80. The lowest BCUT2D eigenvalue weighted by Crippen LogP contribution is -2.05. The Morgan fingerprint density at radius 2 is 2.00 bits per heavy atom. The fraction of sp³-hybridized carbons (Fsp3) is 0.923. The minimum atomic E-state index is 0.524. The molecule has 1 unspecified atom stereocenters. The molecule has 0 saturated carbocycles.